The van der Waals surface area contributed by atoms with Gasteiger partial charge in [0.1, 0.15) is 23.3 Å². The SMILES string of the molecule is COC(=O)c1cccc(O[Si](C)(COc2ccc3c(c2)C[C@@H](N(C[C@H](O)c2cccc(Cl)c2)C(=O)OC(C)(C)C)CC3)C(C)(C)C)c1. The lowest BCUT2D eigenvalue weighted by atomic mass is 9.87. The molecular weight excluding hydrogens is 634 g/mol. The molecule has 3 aromatic carbocycles. The maximum absolute atomic E-state index is 13.5. The molecule has 0 radical (unpaired) electrons. The number of halogens is 1. The number of aryl methyl sites for hydroxylation is 1. The Labute approximate surface area is 285 Å². The van der Waals surface area contributed by atoms with Crippen molar-refractivity contribution in [2.45, 2.75) is 90.1 Å². The molecule has 0 bridgehead atoms. The van der Waals surface area contributed by atoms with E-state index in [0.717, 1.165) is 24.2 Å². The number of carbonyl (C=O) groups excluding carboxylic acids is 2. The van der Waals surface area contributed by atoms with E-state index in [4.69, 9.17) is 30.2 Å². The lowest BCUT2D eigenvalue weighted by Gasteiger charge is -2.39. The Morgan fingerprint density at radius 3 is 2.36 bits per heavy atom. The summed E-state index contributed by atoms with van der Waals surface area (Å²) < 4.78 is 23.8. The van der Waals surface area contributed by atoms with Crippen LogP contribution >= 0.6 is 11.6 Å². The third-order valence-electron chi connectivity index (χ3n) is 8.75. The molecule has 0 spiro atoms. The summed E-state index contributed by atoms with van der Waals surface area (Å²) in [5, 5.41) is 11.5. The Morgan fingerprint density at radius 2 is 1.70 bits per heavy atom. The van der Waals surface area contributed by atoms with E-state index in [1.165, 1.54) is 12.7 Å². The fourth-order valence-electron chi connectivity index (χ4n) is 5.45. The number of fused-ring (bicyclic) bond motifs is 1. The van der Waals surface area contributed by atoms with Gasteiger partial charge in [0.15, 0.2) is 0 Å². The van der Waals surface area contributed by atoms with Crippen molar-refractivity contribution >= 4 is 32.0 Å². The predicted octanol–water partition coefficient (Wildman–Crippen LogP) is 8.33. The summed E-state index contributed by atoms with van der Waals surface area (Å²) in [5.74, 6) is 0.917. The number of carbonyl (C=O) groups is 2. The monoisotopic (exact) mass is 681 g/mol. The molecule has 1 aliphatic rings. The zero-order valence-electron chi connectivity index (χ0n) is 28.8. The van der Waals surface area contributed by atoms with E-state index in [-0.39, 0.29) is 17.6 Å². The largest absolute Gasteiger partial charge is 0.540 e. The first kappa shape index (κ1) is 36.3. The van der Waals surface area contributed by atoms with Crippen molar-refractivity contribution in [1.29, 1.82) is 0 Å². The molecule has 10 heteroatoms. The highest BCUT2D eigenvalue weighted by molar-refractivity contribution is 6.76. The second-order valence-corrected chi connectivity index (χ2v) is 19.3. The molecule has 0 heterocycles. The first-order valence-corrected chi connectivity index (χ1v) is 19.0. The van der Waals surface area contributed by atoms with Gasteiger partial charge in [-0.25, -0.2) is 9.59 Å². The van der Waals surface area contributed by atoms with Gasteiger partial charge < -0.3 is 28.6 Å². The van der Waals surface area contributed by atoms with E-state index in [1.807, 2.05) is 32.9 Å². The van der Waals surface area contributed by atoms with Gasteiger partial charge in [0.25, 0.3) is 8.32 Å². The molecule has 1 amide bonds. The Balaban J connectivity index is 1.53. The number of nitrogens with zero attached hydrogens (tertiary/aromatic N) is 1. The molecule has 4 rings (SSSR count). The van der Waals surface area contributed by atoms with Gasteiger partial charge in [-0.3, -0.25) is 0 Å². The molecule has 0 saturated carbocycles. The molecule has 8 nitrogen and oxygen atoms in total. The molecule has 0 saturated heterocycles. The van der Waals surface area contributed by atoms with Crippen LogP contribution in [-0.4, -0.2) is 61.9 Å². The van der Waals surface area contributed by atoms with E-state index in [1.54, 1.807) is 47.4 Å². The number of esters is 1. The van der Waals surface area contributed by atoms with Crippen molar-refractivity contribution < 1.29 is 33.3 Å². The minimum absolute atomic E-state index is 0.0789. The Morgan fingerprint density at radius 1 is 0.979 bits per heavy atom. The van der Waals surface area contributed by atoms with Crippen LogP contribution in [0.5, 0.6) is 11.5 Å². The Bertz CT molecular complexity index is 1570. The number of hydrogen-bond acceptors (Lipinski definition) is 7. The van der Waals surface area contributed by atoms with Crippen LogP contribution < -0.4 is 9.16 Å². The van der Waals surface area contributed by atoms with Gasteiger partial charge in [0.2, 0.25) is 0 Å². The van der Waals surface area contributed by atoms with Crippen LogP contribution in [0.25, 0.3) is 0 Å². The number of ether oxygens (including phenoxy) is 3. The van der Waals surface area contributed by atoms with Gasteiger partial charge >= 0.3 is 12.1 Å². The van der Waals surface area contributed by atoms with Crippen molar-refractivity contribution in [3.8, 4) is 11.5 Å². The van der Waals surface area contributed by atoms with Crippen LogP contribution in [0.4, 0.5) is 4.79 Å². The number of benzene rings is 3. The van der Waals surface area contributed by atoms with Crippen molar-refractivity contribution in [2.24, 2.45) is 0 Å². The van der Waals surface area contributed by atoms with E-state index < -0.39 is 32.1 Å². The first-order chi connectivity index (χ1) is 22.0. The smallest absolute Gasteiger partial charge is 0.410 e. The molecular formula is C37H48ClNO7Si. The summed E-state index contributed by atoms with van der Waals surface area (Å²) in [6.45, 7) is 14.2. The van der Waals surface area contributed by atoms with Gasteiger partial charge in [-0.05, 0) is 111 Å². The highest BCUT2D eigenvalue weighted by atomic mass is 35.5. The minimum atomic E-state index is -2.58. The summed E-state index contributed by atoms with van der Waals surface area (Å²) in [5.41, 5.74) is 2.69. The maximum Gasteiger partial charge on any atom is 0.410 e. The summed E-state index contributed by atoms with van der Waals surface area (Å²) in [6.07, 6.45) is 1.12. The molecule has 0 fully saturated rings. The number of rotatable bonds is 10. The highest BCUT2D eigenvalue weighted by Crippen LogP contribution is 2.39. The Hall–Kier alpha value is -3.53. The molecule has 1 unspecified atom stereocenters. The van der Waals surface area contributed by atoms with Gasteiger partial charge in [-0.1, -0.05) is 56.6 Å². The van der Waals surface area contributed by atoms with Gasteiger partial charge in [-0.15, -0.1) is 0 Å². The fourth-order valence-corrected chi connectivity index (χ4v) is 7.54. The minimum Gasteiger partial charge on any atom is -0.540 e. The van der Waals surface area contributed by atoms with Crippen molar-refractivity contribution in [3.05, 3.63) is 94.0 Å². The van der Waals surface area contributed by atoms with E-state index in [2.05, 4.69) is 39.5 Å². The number of methoxy groups -OCH3 is 1. The second-order valence-electron chi connectivity index (χ2n) is 14.4. The summed E-state index contributed by atoms with van der Waals surface area (Å²) in [6, 6.07) is 20.1. The predicted molar refractivity (Wildman–Crippen MR) is 187 cm³/mol. The number of aliphatic hydroxyl groups excluding tert-OH is 1. The van der Waals surface area contributed by atoms with E-state index >= 15 is 0 Å². The molecule has 0 aromatic heterocycles. The quantitative estimate of drug-likeness (QED) is 0.170. The lowest BCUT2D eigenvalue weighted by Crippen LogP contribution is -2.52. The maximum atomic E-state index is 13.5. The third kappa shape index (κ3) is 9.52. The van der Waals surface area contributed by atoms with Crippen LogP contribution in [-0.2, 0) is 22.3 Å². The van der Waals surface area contributed by atoms with Crippen LogP contribution in [0, 0.1) is 0 Å². The van der Waals surface area contributed by atoms with Crippen LogP contribution in [0.15, 0.2) is 66.7 Å². The standard InChI is InChI=1S/C37H48ClNO7Si/c1-36(2,3)45-35(42)39(23-33(40)26-11-9-13-29(38)19-26)30-17-15-25-16-18-31(22-28(25)20-30)44-24-47(8,37(4,5)6)46-32-14-10-12-27(21-32)34(41)43-7/h9-14,16,18-19,21-22,30,33,40H,15,17,20,23-24H2,1-8H3/t30-,33-,47?/m0/s1. The zero-order chi connectivity index (χ0) is 34.6. The van der Waals surface area contributed by atoms with Crippen molar-refractivity contribution in [3.63, 3.8) is 0 Å². The topological polar surface area (TPSA) is 94.5 Å². The first-order valence-electron chi connectivity index (χ1n) is 16.0. The third-order valence-corrected chi connectivity index (χ3v) is 13.5. The van der Waals surface area contributed by atoms with Crippen LogP contribution in [0.3, 0.4) is 0 Å². The number of hydrogen-bond donors (Lipinski definition) is 1. The van der Waals surface area contributed by atoms with Gasteiger partial charge in [0, 0.05) is 11.1 Å². The van der Waals surface area contributed by atoms with Crippen LogP contribution in [0.1, 0.15) is 81.1 Å². The molecule has 3 atom stereocenters. The van der Waals surface area contributed by atoms with Crippen LogP contribution in [0.2, 0.25) is 16.6 Å². The van der Waals surface area contributed by atoms with Gasteiger partial charge in [0.05, 0.1) is 25.3 Å². The van der Waals surface area contributed by atoms with Gasteiger partial charge in [-0.2, -0.15) is 0 Å². The molecule has 1 N–H and O–H groups in total. The number of aliphatic hydroxyl groups is 1. The summed E-state index contributed by atoms with van der Waals surface area (Å²) >= 11 is 6.19. The summed E-state index contributed by atoms with van der Waals surface area (Å²) in [7, 11) is -1.22. The molecule has 3 aromatic rings. The Kier molecular flexibility index (Phi) is 11.4. The molecule has 254 valence electrons. The lowest BCUT2D eigenvalue weighted by molar-refractivity contribution is 0.00194. The molecule has 0 aliphatic heterocycles. The molecule has 47 heavy (non-hydrogen) atoms. The summed E-state index contributed by atoms with van der Waals surface area (Å²) in [4.78, 5) is 27.3. The fraction of sp³-hybridized carbons (Fsp3) is 0.459. The molecule has 1 aliphatic carbocycles. The van der Waals surface area contributed by atoms with E-state index in [9.17, 15) is 14.7 Å². The van der Waals surface area contributed by atoms with E-state index in [0.29, 0.717) is 34.6 Å². The van der Waals surface area contributed by atoms with Crippen molar-refractivity contribution in [1.82, 2.24) is 4.90 Å². The number of amides is 1. The average molecular weight is 682 g/mol. The highest BCUT2D eigenvalue weighted by Gasteiger charge is 2.45. The second kappa shape index (κ2) is 14.7. The zero-order valence-corrected chi connectivity index (χ0v) is 30.5. The van der Waals surface area contributed by atoms with Crippen molar-refractivity contribution in [2.75, 3.05) is 19.9 Å². The average Bonchev–Trinajstić information content (AvgIpc) is 3.00. The normalized spacial score (nSPS) is 16.7.